The molecule has 1 aliphatic heterocycles. The molecule has 2 heterocycles. The summed E-state index contributed by atoms with van der Waals surface area (Å²) in [5.74, 6) is 0.610. The van der Waals surface area contributed by atoms with E-state index >= 15 is 0 Å². The van der Waals surface area contributed by atoms with Crippen molar-refractivity contribution in [2.24, 2.45) is 0 Å². The Morgan fingerprint density at radius 3 is 2.44 bits per heavy atom. The van der Waals surface area contributed by atoms with E-state index in [1.807, 2.05) is 19.1 Å². The summed E-state index contributed by atoms with van der Waals surface area (Å²) in [6.07, 6.45) is 0. The van der Waals surface area contributed by atoms with Gasteiger partial charge in [-0.05, 0) is 60.5 Å². The molecule has 5 rings (SSSR count). The van der Waals surface area contributed by atoms with Crippen LogP contribution in [0, 0.1) is 6.92 Å². The highest BCUT2D eigenvalue weighted by molar-refractivity contribution is 9.10. The van der Waals surface area contributed by atoms with Gasteiger partial charge in [-0.15, -0.1) is 0 Å². The summed E-state index contributed by atoms with van der Waals surface area (Å²) in [5, 5.41) is 0.899. The lowest BCUT2D eigenvalue weighted by Gasteiger charge is -2.26. The number of halogens is 2. The number of hydrogen-bond donors (Lipinski definition) is 0. The quantitative estimate of drug-likeness (QED) is 0.305. The van der Waals surface area contributed by atoms with Crippen molar-refractivity contribution in [3.63, 3.8) is 0 Å². The smallest absolute Gasteiger partial charge is 0.295 e. The van der Waals surface area contributed by atoms with E-state index in [1.54, 1.807) is 49.6 Å². The third-order valence-corrected chi connectivity index (χ3v) is 6.89. The summed E-state index contributed by atoms with van der Waals surface area (Å²) >= 11 is 9.82. The van der Waals surface area contributed by atoms with E-state index in [4.69, 9.17) is 25.5 Å². The highest BCUT2D eigenvalue weighted by Gasteiger charge is 2.44. The minimum Gasteiger partial charge on any atom is -0.493 e. The number of amides is 1. The van der Waals surface area contributed by atoms with Crippen LogP contribution < -0.4 is 19.8 Å². The summed E-state index contributed by atoms with van der Waals surface area (Å²) in [4.78, 5) is 29.0. The number of ether oxygens (including phenoxy) is 2. The van der Waals surface area contributed by atoms with Crippen molar-refractivity contribution in [1.82, 2.24) is 0 Å². The number of anilines is 1. The van der Waals surface area contributed by atoms with E-state index in [2.05, 4.69) is 15.9 Å². The van der Waals surface area contributed by atoms with Gasteiger partial charge < -0.3 is 13.9 Å². The van der Waals surface area contributed by atoms with Gasteiger partial charge in [0.15, 0.2) is 16.9 Å². The first kappa shape index (κ1) is 22.5. The average Bonchev–Trinajstić information content (AvgIpc) is 3.13. The molecule has 4 aromatic rings. The average molecular weight is 541 g/mol. The maximum Gasteiger partial charge on any atom is 0.295 e. The summed E-state index contributed by atoms with van der Waals surface area (Å²) in [6, 6.07) is 15.1. The molecular formula is C26H19BrClNO5. The van der Waals surface area contributed by atoms with E-state index in [0.717, 1.165) is 10.0 Å². The van der Waals surface area contributed by atoms with Gasteiger partial charge in [-0.25, -0.2) is 0 Å². The van der Waals surface area contributed by atoms with Gasteiger partial charge in [0, 0.05) is 15.2 Å². The number of nitrogens with zero attached hydrogens (tertiary/aromatic N) is 1. The fourth-order valence-electron chi connectivity index (χ4n) is 4.28. The molecule has 0 bridgehead atoms. The second kappa shape index (κ2) is 8.49. The number of rotatable bonds is 4. The first-order chi connectivity index (χ1) is 16.3. The van der Waals surface area contributed by atoms with Crippen molar-refractivity contribution in [1.29, 1.82) is 0 Å². The topological polar surface area (TPSA) is 69.0 Å². The molecule has 0 N–H and O–H groups in total. The van der Waals surface area contributed by atoms with Gasteiger partial charge in [-0.1, -0.05) is 39.7 Å². The maximum absolute atomic E-state index is 13.7. The number of carbonyl (C=O) groups is 1. The van der Waals surface area contributed by atoms with Gasteiger partial charge >= 0.3 is 0 Å². The molecule has 8 heteroatoms. The van der Waals surface area contributed by atoms with Gasteiger partial charge in [0.2, 0.25) is 5.76 Å². The summed E-state index contributed by atoms with van der Waals surface area (Å²) in [5.41, 5.74) is 2.43. The van der Waals surface area contributed by atoms with Gasteiger partial charge in [0.1, 0.15) is 5.58 Å². The Morgan fingerprint density at radius 2 is 1.74 bits per heavy atom. The molecule has 1 atom stereocenters. The van der Waals surface area contributed by atoms with Crippen molar-refractivity contribution < 1.29 is 18.7 Å². The van der Waals surface area contributed by atoms with Crippen molar-refractivity contribution in [2.45, 2.75) is 13.0 Å². The fourth-order valence-corrected chi connectivity index (χ4v) is 4.82. The molecule has 0 saturated heterocycles. The summed E-state index contributed by atoms with van der Waals surface area (Å²) in [7, 11) is 3.08. The minimum absolute atomic E-state index is 0.0105. The Balaban J connectivity index is 1.82. The largest absolute Gasteiger partial charge is 0.493 e. The molecule has 1 aromatic heterocycles. The number of methoxy groups -OCH3 is 2. The third-order valence-electron chi connectivity index (χ3n) is 5.99. The number of hydrogen-bond acceptors (Lipinski definition) is 5. The molecule has 0 radical (unpaired) electrons. The zero-order chi connectivity index (χ0) is 24.1. The van der Waals surface area contributed by atoms with Crippen molar-refractivity contribution >= 4 is 50.1 Å². The van der Waals surface area contributed by atoms with Crippen LogP contribution in [0.4, 0.5) is 5.69 Å². The lowest BCUT2D eigenvalue weighted by molar-refractivity contribution is 0.0971. The highest BCUT2D eigenvalue weighted by Crippen LogP contribution is 2.44. The van der Waals surface area contributed by atoms with Crippen molar-refractivity contribution in [2.75, 3.05) is 19.1 Å². The number of carbonyl (C=O) groups excluding carboxylic acids is 1. The van der Waals surface area contributed by atoms with Crippen LogP contribution in [0.25, 0.3) is 11.0 Å². The van der Waals surface area contributed by atoms with Crippen LogP contribution in [-0.2, 0) is 0 Å². The van der Waals surface area contributed by atoms with Crippen LogP contribution in [0.5, 0.6) is 11.5 Å². The number of benzene rings is 3. The van der Waals surface area contributed by atoms with Crippen LogP contribution in [0.15, 0.2) is 68.3 Å². The third kappa shape index (κ3) is 3.47. The Hall–Kier alpha value is -3.29. The van der Waals surface area contributed by atoms with E-state index in [9.17, 15) is 9.59 Å². The molecule has 1 amide bonds. The van der Waals surface area contributed by atoms with Gasteiger partial charge in [0.05, 0.1) is 31.2 Å². The van der Waals surface area contributed by atoms with Crippen LogP contribution in [-0.4, -0.2) is 20.1 Å². The predicted molar refractivity (Wildman–Crippen MR) is 135 cm³/mol. The molecular weight excluding hydrogens is 522 g/mol. The summed E-state index contributed by atoms with van der Waals surface area (Å²) in [6.45, 7) is 1.88. The minimum atomic E-state index is -0.749. The zero-order valence-electron chi connectivity index (χ0n) is 18.5. The van der Waals surface area contributed by atoms with Crippen LogP contribution in [0.1, 0.15) is 33.3 Å². The number of fused-ring (bicyclic) bond motifs is 2. The molecule has 0 spiro atoms. The Morgan fingerprint density at radius 1 is 0.971 bits per heavy atom. The van der Waals surface area contributed by atoms with E-state index in [-0.39, 0.29) is 16.8 Å². The van der Waals surface area contributed by atoms with Crippen molar-refractivity contribution in [3.05, 3.63) is 96.8 Å². The summed E-state index contributed by atoms with van der Waals surface area (Å²) < 4.78 is 17.6. The monoisotopic (exact) mass is 539 g/mol. The molecule has 6 nitrogen and oxygen atoms in total. The molecule has 0 aliphatic carbocycles. The van der Waals surface area contributed by atoms with E-state index in [1.165, 1.54) is 12.0 Å². The second-order valence-corrected chi connectivity index (χ2v) is 9.26. The normalized spacial score (nSPS) is 15.0. The first-order valence-electron chi connectivity index (χ1n) is 10.4. The lowest BCUT2D eigenvalue weighted by atomic mass is 9.97. The van der Waals surface area contributed by atoms with Crippen LogP contribution in [0.3, 0.4) is 0 Å². The van der Waals surface area contributed by atoms with E-state index < -0.39 is 11.9 Å². The number of aryl methyl sites for hydroxylation is 1. The molecule has 1 unspecified atom stereocenters. The molecule has 172 valence electrons. The molecule has 0 fully saturated rings. The zero-order valence-corrected chi connectivity index (χ0v) is 20.9. The first-order valence-corrected chi connectivity index (χ1v) is 11.6. The lowest BCUT2D eigenvalue weighted by Crippen LogP contribution is -2.29. The standard InChI is InChI=1S/C26H19BrClNO5/c1-13-4-7-16(12-18(13)28)29-23(14-5-8-20(32-2)21(10-14)33-3)22-24(30)17-11-15(27)6-9-19(17)34-25(22)26(29)31/h4-12,23H,1-3H3. The molecule has 0 saturated carbocycles. The Bertz CT molecular complexity index is 1530. The Labute approximate surface area is 208 Å². The van der Waals surface area contributed by atoms with Crippen molar-refractivity contribution in [3.8, 4) is 11.5 Å². The second-order valence-electron chi connectivity index (χ2n) is 7.94. The maximum atomic E-state index is 13.7. The highest BCUT2D eigenvalue weighted by atomic mass is 79.9. The SMILES string of the molecule is COc1ccc(C2c3c(oc4ccc(Br)cc4c3=O)C(=O)N2c2ccc(C)c(Cl)c2)cc1OC. The fraction of sp³-hybridized carbons (Fsp3) is 0.154. The molecule has 34 heavy (non-hydrogen) atoms. The molecule has 3 aromatic carbocycles. The van der Waals surface area contributed by atoms with E-state index in [0.29, 0.717) is 38.7 Å². The molecule has 1 aliphatic rings. The predicted octanol–water partition coefficient (Wildman–Crippen LogP) is 6.28. The Kier molecular flexibility index (Phi) is 5.62. The van der Waals surface area contributed by atoms with Gasteiger partial charge in [0.25, 0.3) is 5.91 Å². The van der Waals surface area contributed by atoms with Crippen LogP contribution in [0.2, 0.25) is 5.02 Å². The van der Waals surface area contributed by atoms with Gasteiger partial charge in [-0.2, -0.15) is 0 Å². The van der Waals surface area contributed by atoms with Crippen LogP contribution >= 0.6 is 27.5 Å². The van der Waals surface area contributed by atoms with Gasteiger partial charge in [-0.3, -0.25) is 14.5 Å².